The van der Waals surface area contributed by atoms with Crippen LogP contribution in [0.1, 0.15) is 62.6 Å². The Hall–Kier alpha value is -0.820. The molecular formula is C17H25N. The van der Waals surface area contributed by atoms with E-state index >= 15 is 0 Å². The summed E-state index contributed by atoms with van der Waals surface area (Å²) >= 11 is 0. The molecule has 1 nitrogen and oxygen atoms in total. The lowest BCUT2D eigenvalue weighted by Gasteiger charge is -2.40. The van der Waals surface area contributed by atoms with E-state index < -0.39 is 0 Å². The molecule has 1 fully saturated rings. The molecule has 0 saturated heterocycles. The number of benzene rings is 1. The molecule has 2 aliphatic rings. The summed E-state index contributed by atoms with van der Waals surface area (Å²) in [5.41, 5.74) is 3.73. The first-order valence-electron chi connectivity index (χ1n) is 7.58. The third-order valence-electron chi connectivity index (χ3n) is 4.96. The molecule has 1 aromatic rings. The molecule has 0 radical (unpaired) electrons. The Labute approximate surface area is 111 Å². The molecule has 0 spiro atoms. The van der Waals surface area contributed by atoms with Crippen LogP contribution in [0.4, 0.5) is 0 Å². The Morgan fingerprint density at radius 3 is 2.78 bits per heavy atom. The van der Waals surface area contributed by atoms with E-state index in [1.807, 2.05) is 0 Å². The number of hydrogen-bond donors (Lipinski definition) is 1. The van der Waals surface area contributed by atoms with E-state index in [1.54, 1.807) is 11.1 Å². The quantitative estimate of drug-likeness (QED) is 0.783. The van der Waals surface area contributed by atoms with E-state index in [-0.39, 0.29) is 0 Å². The van der Waals surface area contributed by atoms with Crippen LogP contribution in [-0.4, -0.2) is 6.54 Å². The summed E-state index contributed by atoms with van der Waals surface area (Å²) in [6.45, 7) is 3.64. The normalized spacial score (nSPS) is 25.9. The second-order valence-electron chi connectivity index (χ2n) is 6.54. The van der Waals surface area contributed by atoms with Crippen molar-refractivity contribution in [2.24, 2.45) is 5.41 Å². The minimum atomic E-state index is 0.585. The fraction of sp³-hybridized carbons (Fsp3) is 0.647. The molecule has 1 heteroatoms. The van der Waals surface area contributed by atoms with Crippen LogP contribution in [0, 0.1) is 5.41 Å². The summed E-state index contributed by atoms with van der Waals surface area (Å²) in [7, 11) is 0. The van der Waals surface area contributed by atoms with Gasteiger partial charge in [-0.1, -0.05) is 44.0 Å². The number of fused-ring (bicyclic) bond motifs is 1. The maximum Gasteiger partial charge on any atom is 0.0323 e. The van der Waals surface area contributed by atoms with Crippen molar-refractivity contribution in [3.63, 3.8) is 0 Å². The molecule has 1 unspecified atom stereocenters. The van der Waals surface area contributed by atoms with E-state index in [2.05, 4.69) is 36.5 Å². The molecule has 1 N–H and O–H groups in total. The van der Waals surface area contributed by atoms with E-state index in [0.29, 0.717) is 11.5 Å². The third kappa shape index (κ3) is 2.47. The zero-order valence-corrected chi connectivity index (χ0v) is 11.5. The third-order valence-corrected chi connectivity index (χ3v) is 4.96. The molecule has 0 bridgehead atoms. The van der Waals surface area contributed by atoms with Gasteiger partial charge in [0, 0.05) is 12.6 Å². The van der Waals surface area contributed by atoms with E-state index in [0.717, 1.165) is 0 Å². The Morgan fingerprint density at radius 2 is 2.00 bits per heavy atom. The Bertz CT molecular complexity index is 406. The molecule has 1 saturated carbocycles. The molecule has 98 valence electrons. The summed E-state index contributed by atoms with van der Waals surface area (Å²) < 4.78 is 0. The van der Waals surface area contributed by atoms with Gasteiger partial charge in [-0.05, 0) is 48.6 Å². The standard InChI is InChI=1S/C17H25N/c1-17(11-6-12-17)13-18-16-10-5-3-8-14-7-2-4-9-15(14)16/h2,4,7,9,16,18H,3,5-6,8,10-13H2,1H3. The van der Waals surface area contributed by atoms with Crippen molar-refractivity contribution < 1.29 is 0 Å². The van der Waals surface area contributed by atoms with Gasteiger partial charge in [0.05, 0.1) is 0 Å². The predicted octanol–water partition coefficient (Wildman–Crippen LogP) is 4.23. The van der Waals surface area contributed by atoms with E-state index in [9.17, 15) is 0 Å². The second kappa shape index (κ2) is 5.05. The topological polar surface area (TPSA) is 12.0 Å². The highest BCUT2D eigenvalue weighted by atomic mass is 14.9. The van der Waals surface area contributed by atoms with Gasteiger partial charge in [-0.3, -0.25) is 0 Å². The Balaban J connectivity index is 1.71. The summed E-state index contributed by atoms with van der Waals surface area (Å²) in [5.74, 6) is 0. The molecule has 0 amide bonds. The molecule has 0 heterocycles. The highest BCUT2D eigenvalue weighted by Gasteiger charge is 2.32. The zero-order chi connectivity index (χ0) is 12.4. The molecule has 0 aromatic heterocycles. The van der Waals surface area contributed by atoms with Gasteiger partial charge >= 0.3 is 0 Å². The number of hydrogen-bond acceptors (Lipinski definition) is 1. The first-order chi connectivity index (χ1) is 8.77. The molecule has 0 aliphatic heterocycles. The average Bonchev–Trinajstić information content (AvgIpc) is 2.56. The van der Waals surface area contributed by atoms with Crippen LogP contribution in [0.2, 0.25) is 0 Å². The van der Waals surface area contributed by atoms with Crippen molar-refractivity contribution in [2.45, 2.75) is 57.9 Å². The summed E-state index contributed by atoms with van der Waals surface area (Å²) in [4.78, 5) is 0. The fourth-order valence-electron chi connectivity index (χ4n) is 3.46. The van der Waals surface area contributed by atoms with Crippen molar-refractivity contribution in [1.29, 1.82) is 0 Å². The van der Waals surface area contributed by atoms with E-state index in [1.165, 1.54) is 51.5 Å². The van der Waals surface area contributed by atoms with Crippen LogP contribution in [0.5, 0.6) is 0 Å². The molecule has 18 heavy (non-hydrogen) atoms. The van der Waals surface area contributed by atoms with Gasteiger partial charge in [-0.2, -0.15) is 0 Å². The van der Waals surface area contributed by atoms with Crippen LogP contribution < -0.4 is 5.32 Å². The first-order valence-corrected chi connectivity index (χ1v) is 7.58. The molecule has 1 atom stereocenters. The van der Waals surface area contributed by atoms with Gasteiger partial charge in [-0.25, -0.2) is 0 Å². The molecule has 2 aliphatic carbocycles. The molecule has 3 rings (SSSR count). The van der Waals surface area contributed by atoms with Crippen LogP contribution in [-0.2, 0) is 6.42 Å². The maximum atomic E-state index is 3.86. The largest absolute Gasteiger partial charge is 0.309 e. The number of nitrogens with one attached hydrogen (secondary N) is 1. The SMILES string of the molecule is CC1(CNC2CCCCc3ccccc32)CCC1. The second-order valence-corrected chi connectivity index (χ2v) is 6.54. The van der Waals surface area contributed by atoms with Crippen molar-refractivity contribution in [1.82, 2.24) is 5.32 Å². The number of rotatable bonds is 3. The van der Waals surface area contributed by atoms with E-state index in [4.69, 9.17) is 0 Å². The fourth-order valence-corrected chi connectivity index (χ4v) is 3.46. The number of aryl methyl sites for hydroxylation is 1. The Morgan fingerprint density at radius 1 is 1.17 bits per heavy atom. The lowest BCUT2D eigenvalue weighted by atomic mass is 9.70. The van der Waals surface area contributed by atoms with Crippen LogP contribution in [0.15, 0.2) is 24.3 Å². The lowest BCUT2D eigenvalue weighted by molar-refractivity contribution is 0.149. The smallest absolute Gasteiger partial charge is 0.0323 e. The van der Waals surface area contributed by atoms with Crippen LogP contribution >= 0.6 is 0 Å². The highest BCUT2D eigenvalue weighted by molar-refractivity contribution is 5.31. The summed E-state index contributed by atoms with van der Waals surface area (Å²) in [5, 5.41) is 3.86. The van der Waals surface area contributed by atoms with Gasteiger partial charge < -0.3 is 5.32 Å². The summed E-state index contributed by atoms with van der Waals surface area (Å²) in [6.07, 6.45) is 9.55. The van der Waals surface area contributed by atoms with Gasteiger partial charge in [0.2, 0.25) is 0 Å². The first kappa shape index (κ1) is 12.2. The van der Waals surface area contributed by atoms with Crippen molar-refractivity contribution >= 4 is 0 Å². The van der Waals surface area contributed by atoms with Crippen molar-refractivity contribution in [3.8, 4) is 0 Å². The van der Waals surface area contributed by atoms with Crippen LogP contribution in [0.25, 0.3) is 0 Å². The zero-order valence-electron chi connectivity index (χ0n) is 11.5. The highest BCUT2D eigenvalue weighted by Crippen LogP contribution is 2.40. The average molecular weight is 243 g/mol. The van der Waals surface area contributed by atoms with Crippen LogP contribution in [0.3, 0.4) is 0 Å². The van der Waals surface area contributed by atoms with Crippen molar-refractivity contribution in [3.05, 3.63) is 35.4 Å². The predicted molar refractivity (Wildman–Crippen MR) is 76.7 cm³/mol. The minimum absolute atomic E-state index is 0.585. The monoisotopic (exact) mass is 243 g/mol. The van der Waals surface area contributed by atoms with Gasteiger partial charge in [0.1, 0.15) is 0 Å². The van der Waals surface area contributed by atoms with Gasteiger partial charge in [0.15, 0.2) is 0 Å². The summed E-state index contributed by atoms with van der Waals surface area (Å²) in [6, 6.07) is 9.64. The van der Waals surface area contributed by atoms with Crippen molar-refractivity contribution in [2.75, 3.05) is 6.54 Å². The Kier molecular flexibility index (Phi) is 3.43. The lowest BCUT2D eigenvalue weighted by Crippen LogP contribution is -2.38. The molecular weight excluding hydrogens is 218 g/mol. The minimum Gasteiger partial charge on any atom is -0.309 e. The van der Waals surface area contributed by atoms with Gasteiger partial charge in [-0.15, -0.1) is 0 Å². The molecule has 1 aromatic carbocycles. The maximum absolute atomic E-state index is 3.86. The van der Waals surface area contributed by atoms with Gasteiger partial charge in [0.25, 0.3) is 0 Å².